The minimum Gasteiger partial charge on any atom is -0.404 e. The van der Waals surface area contributed by atoms with Crippen LogP contribution in [0.3, 0.4) is 0 Å². The molecule has 2 amide bonds. The van der Waals surface area contributed by atoms with Gasteiger partial charge < -0.3 is 15.2 Å². The lowest BCUT2D eigenvalue weighted by molar-refractivity contribution is -0.132. The molecule has 10 heteroatoms. The van der Waals surface area contributed by atoms with Crippen molar-refractivity contribution in [2.24, 2.45) is 5.92 Å². The number of nitrogens with one attached hydrogen (secondary N) is 2. The highest BCUT2D eigenvalue weighted by Crippen LogP contribution is 2.37. The van der Waals surface area contributed by atoms with Crippen molar-refractivity contribution in [1.29, 1.82) is 0 Å². The Labute approximate surface area is 216 Å². The fraction of sp³-hybridized carbons (Fsp3) is 0.370. The van der Waals surface area contributed by atoms with E-state index in [9.17, 15) is 18.9 Å². The standard InChI is InChI=1S/C27H33N2O7P/c1-19(30)28-25(18-21-14-16-23(17-15-21)36-37(33,34)35)27(32)29-24-13-6-5-11-22(26(24)31)12-7-10-20-8-3-2-4-9-20/h2-4,7-10,14-17,22,24-25H,5-6,11-13,18H2,1H3,(H,28,30)(H,29,32)(H2,33,34,35)/b10-7+. The molecule has 9 nitrogen and oxygen atoms in total. The molecule has 1 aliphatic rings. The number of Topliss-reactive ketones (excluding diaryl/α,β-unsaturated/α-hetero) is 1. The van der Waals surface area contributed by atoms with Gasteiger partial charge in [0.25, 0.3) is 0 Å². The quantitative estimate of drug-likeness (QED) is 0.273. The van der Waals surface area contributed by atoms with Crippen molar-refractivity contribution in [3.8, 4) is 5.75 Å². The SMILES string of the molecule is CC(=O)NC(Cc1ccc(OP(=O)(O)O)cc1)C(=O)NC1CCCCC(C/C=C/c2ccccc2)C1=O. The van der Waals surface area contributed by atoms with Crippen LogP contribution in [0.2, 0.25) is 0 Å². The number of rotatable bonds is 10. The van der Waals surface area contributed by atoms with Gasteiger partial charge in [-0.1, -0.05) is 67.5 Å². The first-order valence-electron chi connectivity index (χ1n) is 12.3. The van der Waals surface area contributed by atoms with Gasteiger partial charge in [-0.2, -0.15) is 0 Å². The van der Waals surface area contributed by atoms with E-state index in [2.05, 4.69) is 15.2 Å². The summed E-state index contributed by atoms with van der Waals surface area (Å²) in [5.74, 6) is -1.05. The van der Waals surface area contributed by atoms with E-state index in [1.54, 1.807) is 12.1 Å². The molecule has 4 N–H and O–H groups in total. The summed E-state index contributed by atoms with van der Waals surface area (Å²) < 4.78 is 15.5. The van der Waals surface area contributed by atoms with Gasteiger partial charge in [-0.05, 0) is 42.5 Å². The van der Waals surface area contributed by atoms with Gasteiger partial charge in [0.1, 0.15) is 11.8 Å². The second kappa shape index (κ2) is 13.3. The summed E-state index contributed by atoms with van der Waals surface area (Å²) in [5, 5.41) is 5.50. The number of carbonyl (C=O) groups is 3. The Morgan fingerprint density at radius 1 is 1.08 bits per heavy atom. The van der Waals surface area contributed by atoms with Gasteiger partial charge >= 0.3 is 7.82 Å². The number of hydrogen-bond acceptors (Lipinski definition) is 5. The number of hydrogen-bond donors (Lipinski definition) is 4. The normalized spacial score (nSPS) is 19.2. The number of ketones is 1. The lowest BCUT2D eigenvalue weighted by atomic mass is 9.92. The number of amides is 2. The third-order valence-corrected chi connectivity index (χ3v) is 6.62. The first-order valence-corrected chi connectivity index (χ1v) is 13.8. The highest BCUT2D eigenvalue weighted by atomic mass is 31.2. The Kier molecular flexibility index (Phi) is 10.2. The maximum absolute atomic E-state index is 13.3. The summed E-state index contributed by atoms with van der Waals surface area (Å²) in [6.45, 7) is 1.31. The van der Waals surface area contributed by atoms with E-state index in [0.717, 1.165) is 24.8 Å². The van der Waals surface area contributed by atoms with E-state index < -0.39 is 31.7 Å². The predicted octanol–water partition coefficient (Wildman–Crippen LogP) is 3.55. The van der Waals surface area contributed by atoms with Crippen molar-refractivity contribution < 1.29 is 33.3 Å². The zero-order valence-electron chi connectivity index (χ0n) is 20.7. The fourth-order valence-electron chi connectivity index (χ4n) is 4.40. The Morgan fingerprint density at radius 3 is 2.41 bits per heavy atom. The summed E-state index contributed by atoms with van der Waals surface area (Å²) in [5.41, 5.74) is 1.70. The average molecular weight is 529 g/mol. The molecule has 3 atom stereocenters. The van der Waals surface area contributed by atoms with Crippen LogP contribution in [-0.4, -0.2) is 39.5 Å². The third-order valence-electron chi connectivity index (χ3n) is 6.17. The fourth-order valence-corrected chi connectivity index (χ4v) is 4.80. The van der Waals surface area contributed by atoms with Gasteiger partial charge in [-0.3, -0.25) is 24.2 Å². The topological polar surface area (TPSA) is 142 Å². The van der Waals surface area contributed by atoms with Crippen molar-refractivity contribution in [1.82, 2.24) is 10.6 Å². The molecule has 2 aromatic rings. The number of phosphoric acid groups is 1. The van der Waals surface area contributed by atoms with Gasteiger partial charge in [0.2, 0.25) is 11.8 Å². The maximum atomic E-state index is 13.3. The largest absolute Gasteiger partial charge is 0.524 e. The monoisotopic (exact) mass is 528 g/mol. The van der Waals surface area contributed by atoms with Crippen molar-refractivity contribution in [2.45, 2.75) is 57.5 Å². The summed E-state index contributed by atoms with van der Waals surface area (Å²) in [7, 11) is -4.68. The van der Waals surface area contributed by atoms with Crippen LogP contribution in [0, 0.1) is 5.92 Å². The zero-order chi connectivity index (χ0) is 26.8. The first kappa shape index (κ1) is 28.3. The van der Waals surface area contributed by atoms with Gasteiger partial charge in [0, 0.05) is 19.3 Å². The Morgan fingerprint density at radius 2 is 1.76 bits per heavy atom. The van der Waals surface area contributed by atoms with Gasteiger partial charge in [-0.25, -0.2) is 4.57 Å². The molecule has 3 rings (SSSR count). The summed E-state index contributed by atoms with van der Waals surface area (Å²) in [6, 6.07) is 14.2. The van der Waals surface area contributed by atoms with E-state index in [4.69, 9.17) is 9.79 Å². The van der Waals surface area contributed by atoms with Crippen LogP contribution in [0.25, 0.3) is 6.08 Å². The van der Waals surface area contributed by atoms with Crippen LogP contribution in [0.15, 0.2) is 60.7 Å². The van der Waals surface area contributed by atoms with E-state index in [-0.39, 0.29) is 23.9 Å². The van der Waals surface area contributed by atoms with E-state index in [1.807, 2.05) is 42.5 Å². The van der Waals surface area contributed by atoms with Gasteiger partial charge in [0.05, 0.1) is 6.04 Å². The Bertz CT molecular complexity index is 1150. The molecule has 0 aromatic heterocycles. The number of allylic oxidation sites excluding steroid dienone is 1. The molecule has 0 heterocycles. The third kappa shape index (κ3) is 9.61. The molecule has 2 aromatic carbocycles. The molecule has 37 heavy (non-hydrogen) atoms. The lowest BCUT2D eigenvalue weighted by Gasteiger charge is -2.23. The second-order valence-corrected chi connectivity index (χ2v) is 10.3. The van der Waals surface area contributed by atoms with Crippen LogP contribution in [0.4, 0.5) is 0 Å². The molecule has 0 spiro atoms. The predicted molar refractivity (Wildman–Crippen MR) is 139 cm³/mol. The number of carbonyl (C=O) groups excluding carboxylic acids is 3. The average Bonchev–Trinajstić information content (AvgIpc) is 3.00. The molecule has 0 radical (unpaired) electrons. The van der Waals surface area contributed by atoms with Crippen molar-refractivity contribution in [3.63, 3.8) is 0 Å². The lowest BCUT2D eigenvalue weighted by Crippen LogP contribution is -2.52. The maximum Gasteiger partial charge on any atom is 0.524 e. The van der Waals surface area contributed by atoms with Gasteiger partial charge in [-0.15, -0.1) is 0 Å². The van der Waals surface area contributed by atoms with Crippen molar-refractivity contribution in [3.05, 3.63) is 71.8 Å². The molecule has 0 aliphatic heterocycles. The Balaban J connectivity index is 1.64. The minimum absolute atomic E-state index is 0.00377. The van der Waals surface area contributed by atoms with E-state index in [1.165, 1.54) is 19.1 Å². The molecular weight excluding hydrogens is 495 g/mol. The summed E-state index contributed by atoms with van der Waals surface area (Å²) in [6.07, 6.45) is 7.76. The summed E-state index contributed by atoms with van der Waals surface area (Å²) in [4.78, 5) is 56.1. The van der Waals surface area contributed by atoms with Crippen LogP contribution in [-0.2, 0) is 25.4 Å². The van der Waals surface area contributed by atoms with E-state index >= 15 is 0 Å². The van der Waals surface area contributed by atoms with Gasteiger partial charge in [0.15, 0.2) is 5.78 Å². The highest BCUT2D eigenvalue weighted by Gasteiger charge is 2.32. The van der Waals surface area contributed by atoms with Crippen molar-refractivity contribution in [2.75, 3.05) is 0 Å². The smallest absolute Gasteiger partial charge is 0.404 e. The minimum atomic E-state index is -4.68. The van der Waals surface area contributed by atoms with Crippen LogP contribution in [0.5, 0.6) is 5.75 Å². The molecule has 198 valence electrons. The zero-order valence-corrected chi connectivity index (χ0v) is 21.6. The first-order chi connectivity index (χ1) is 17.6. The van der Waals surface area contributed by atoms with Crippen LogP contribution < -0.4 is 15.2 Å². The molecule has 3 unspecified atom stereocenters. The molecular formula is C27H33N2O7P. The van der Waals surface area contributed by atoms with Crippen molar-refractivity contribution >= 4 is 31.5 Å². The van der Waals surface area contributed by atoms with Crippen LogP contribution >= 0.6 is 7.82 Å². The van der Waals surface area contributed by atoms with E-state index in [0.29, 0.717) is 18.4 Å². The number of phosphoric ester groups is 1. The molecule has 0 saturated heterocycles. The molecule has 0 bridgehead atoms. The summed E-state index contributed by atoms with van der Waals surface area (Å²) >= 11 is 0. The molecule has 1 saturated carbocycles. The van der Waals surface area contributed by atoms with Crippen LogP contribution in [0.1, 0.15) is 50.2 Å². The number of benzene rings is 2. The molecule has 1 aliphatic carbocycles. The Hall–Kier alpha value is -3.26. The second-order valence-electron chi connectivity index (χ2n) is 9.18. The highest BCUT2D eigenvalue weighted by molar-refractivity contribution is 7.46. The molecule has 1 fully saturated rings.